The van der Waals surface area contributed by atoms with Crippen molar-refractivity contribution in [3.63, 3.8) is 0 Å². The monoisotopic (exact) mass is 389 g/mol. The Morgan fingerprint density at radius 1 is 0.966 bits per heavy atom. The Hall–Kier alpha value is -4.01. The molecule has 2 N–H and O–H groups in total. The van der Waals surface area contributed by atoms with Gasteiger partial charge in [-0.05, 0) is 31.2 Å². The summed E-state index contributed by atoms with van der Waals surface area (Å²) in [5.74, 6) is -0.394. The number of hydrazone groups is 1. The fourth-order valence-electron chi connectivity index (χ4n) is 3.11. The molecule has 3 aromatic rings. The van der Waals surface area contributed by atoms with E-state index in [1.165, 1.54) is 9.69 Å². The molecule has 4 rings (SSSR count). The van der Waals surface area contributed by atoms with Crippen LogP contribution in [-0.2, 0) is 11.8 Å². The van der Waals surface area contributed by atoms with Gasteiger partial charge in [0.1, 0.15) is 0 Å². The Bertz CT molecular complexity index is 1180. The van der Waals surface area contributed by atoms with Crippen LogP contribution in [0.25, 0.3) is 5.69 Å². The maximum absolute atomic E-state index is 12.9. The van der Waals surface area contributed by atoms with E-state index < -0.39 is 11.9 Å². The summed E-state index contributed by atoms with van der Waals surface area (Å²) in [6.45, 7) is 1.76. The van der Waals surface area contributed by atoms with Crippen molar-refractivity contribution in [1.29, 1.82) is 0 Å². The largest absolute Gasteiger partial charge is 0.383 e. The van der Waals surface area contributed by atoms with Gasteiger partial charge in [-0.3, -0.25) is 14.3 Å². The Morgan fingerprint density at radius 2 is 1.55 bits per heavy atom. The number of amidine groups is 1. The molecule has 1 amide bonds. The molecule has 9 heteroatoms. The van der Waals surface area contributed by atoms with Crippen molar-refractivity contribution in [1.82, 2.24) is 9.36 Å². The van der Waals surface area contributed by atoms with Crippen molar-refractivity contribution in [2.45, 2.75) is 13.0 Å². The lowest BCUT2D eigenvalue weighted by atomic mass is 10.2. The third-order valence-electron chi connectivity index (χ3n) is 4.74. The van der Waals surface area contributed by atoms with Crippen LogP contribution in [0.4, 0.5) is 11.4 Å². The van der Waals surface area contributed by atoms with Gasteiger partial charge in [-0.25, -0.2) is 4.68 Å². The molecule has 0 saturated heterocycles. The molecule has 1 atom stereocenters. The van der Waals surface area contributed by atoms with Gasteiger partial charge in [-0.1, -0.05) is 36.4 Å². The number of anilines is 1. The smallest absolute Gasteiger partial charge is 0.299 e. The average molecular weight is 389 g/mol. The van der Waals surface area contributed by atoms with Crippen LogP contribution in [0, 0.1) is 6.92 Å². The lowest BCUT2D eigenvalue weighted by Gasteiger charge is -2.11. The number of para-hydroxylation sites is 2. The summed E-state index contributed by atoms with van der Waals surface area (Å²) in [7, 11) is 1.76. The van der Waals surface area contributed by atoms with E-state index in [4.69, 9.17) is 5.73 Å². The highest BCUT2D eigenvalue weighted by Gasteiger charge is 2.36. The van der Waals surface area contributed by atoms with Crippen molar-refractivity contribution in [2.75, 3.05) is 5.01 Å². The normalized spacial score (nSPS) is 16.6. The van der Waals surface area contributed by atoms with Gasteiger partial charge in [0.05, 0.1) is 17.1 Å². The number of carbonyl (C=O) groups excluding carboxylic acids is 1. The molecule has 1 unspecified atom stereocenters. The molecule has 2 aromatic carbocycles. The highest BCUT2D eigenvalue weighted by Crippen LogP contribution is 2.22. The van der Waals surface area contributed by atoms with E-state index in [0.29, 0.717) is 17.1 Å². The summed E-state index contributed by atoms with van der Waals surface area (Å²) >= 11 is 0. The zero-order valence-corrected chi connectivity index (χ0v) is 15.9. The Kier molecular flexibility index (Phi) is 4.55. The summed E-state index contributed by atoms with van der Waals surface area (Å²) in [6, 6.07) is 17.1. The quantitative estimate of drug-likeness (QED) is 0.691. The minimum absolute atomic E-state index is 0.0274. The zero-order chi connectivity index (χ0) is 20.5. The SMILES string of the molecule is Cc1c(N=NC2C(=O)N(c3ccccc3)N=C2N)c(=O)n(-c2ccccc2)n1C. The molecule has 1 aliphatic heterocycles. The summed E-state index contributed by atoms with van der Waals surface area (Å²) < 4.78 is 3.18. The molecule has 0 saturated carbocycles. The summed E-state index contributed by atoms with van der Waals surface area (Å²) in [4.78, 5) is 25.6. The van der Waals surface area contributed by atoms with E-state index in [1.807, 2.05) is 36.4 Å². The first kappa shape index (κ1) is 18.4. The van der Waals surface area contributed by atoms with Crippen LogP contribution < -0.4 is 16.3 Å². The number of nitrogens with two attached hydrogens (primary N) is 1. The van der Waals surface area contributed by atoms with Gasteiger partial charge in [-0.2, -0.15) is 10.1 Å². The van der Waals surface area contributed by atoms with Crippen molar-refractivity contribution in [3.05, 3.63) is 76.7 Å². The van der Waals surface area contributed by atoms with E-state index in [-0.39, 0.29) is 17.1 Å². The zero-order valence-electron chi connectivity index (χ0n) is 15.9. The number of carbonyl (C=O) groups is 1. The van der Waals surface area contributed by atoms with Crippen molar-refractivity contribution in [2.24, 2.45) is 28.1 Å². The number of hydrogen-bond donors (Lipinski definition) is 1. The first-order chi connectivity index (χ1) is 14.0. The molecule has 29 heavy (non-hydrogen) atoms. The number of rotatable bonds is 4. The first-order valence-electron chi connectivity index (χ1n) is 8.97. The number of aromatic nitrogens is 2. The lowest BCUT2D eigenvalue weighted by molar-refractivity contribution is -0.117. The molecule has 2 heterocycles. The molecule has 0 radical (unpaired) electrons. The average Bonchev–Trinajstić information content (AvgIpc) is 3.14. The predicted molar refractivity (Wildman–Crippen MR) is 110 cm³/mol. The summed E-state index contributed by atoms with van der Waals surface area (Å²) in [5, 5.41) is 13.4. The molecule has 0 aliphatic carbocycles. The van der Waals surface area contributed by atoms with Gasteiger partial charge in [0, 0.05) is 7.05 Å². The van der Waals surface area contributed by atoms with Crippen molar-refractivity contribution < 1.29 is 4.79 Å². The number of azo groups is 1. The van der Waals surface area contributed by atoms with Crippen LogP contribution in [-0.4, -0.2) is 27.1 Å². The Labute approximate surface area is 166 Å². The molecular formula is C20H19N7O2. The summed E-state index contributed by atoms with van der Waals surface area (Å²) in [5.41, 5.74) is 7.63. The third kappa shape index (κ3) is 3.12. The second kappa shape index (κ2) is 7.19. The highest BCUT2D eigenvalue weighted by molar-refractivity contribution is 6.17. The van der Waals surface area contributed by atoms with Gasteiger partial charge in [0.25, 0.3) is 11.5 Å². The molecule has 1 aliphatic rings. The van der Waals surface area contributed by atoms with Crippen LogP contribution in [0.2, 0.25) is 0 Å². The minimum atomic E-state index is -1.07. The molecule has 1 aromatic heterocycles. The Balaban J connectivity index is 1.66. The molecule has 0 bridgehead atoms. The third-order valence-corrected chi connectivity index (χ3v) is 4.74. The van der Waals surface area contributed by atoms with E-state index in [0.717, 1.165) is 0 Å². The van der Waals surface area contributed by atoms with Crippen LogP contribution in [0.15, 0.2) is 80.8 Å². The van der Waals surface area contributed by atoms with Crippen molar-refractivity contribution >= 4 is 23.1 Å². The van der Waals surface area contributed by atoms with Crippen LogP contribution in [0.3, 0.4) is 0 Å². The number of hydrogen-bond acceptors (Lipinski definition) is 6. The van der Waals surface area contributed by atoms with Crippen LogP contribution in [0.5, 0.6) is 0 Å². The lowest BCUT2D eigenvalue weighted by Crippen LogP contribution is -2.33. The Morgan fingerprint density at radius 3 is 2.17 bits per heavy atom. The van der Waals surface area contributed by atoms with Gasteiger partial charge in [0.15, 0.2) is 11.5 Å². The summed E-state index contributed by atoms with van der Waals surface area (Å²) in [6.07, 6.45) is 0. The van der Waals surface area contributed by atoms with E-state index in [2.05, 4.69) is 15.3 Å². The molecular weight excluding hydrogens is 370 g/mol. The van der Waals surface area contributed by atoms with Gasteiger partial charge >= 0.3 is 0 Å². The minimum Gasteiger partial charge on any atom is -0.383 e. The van der Waals surface area contributed by atoms with Gasteiger partial charge in [-0.15, -0.1) is 10.2 Å². The highest BCUT2D eigenvalue weighted by atomic mass is 16.2. The molecule has 0 spiro atoms. The maximum atomic E-state index is 12.9. The molecule has 146 valence electrons. The van der Waals surface area contributed by atoms with Crippen molar-refractivity contribution in [3.8, 4) is 5.69 Å². The van der Waals surface area contributed by atoms with Crippen LogP contribution >= 0.6 is 0 Å². The second-order valence-electron chi connectivity index (χ2n) is 6.54. The number of amides is 1. The standard InChI is InChI=1S/C20H19N7O2/c1-13-16(20(29)27(25(13)2)15-11-7-4-8-12-15)22-23-17-18(21)24-26(19(17)28)14-9-5-3-6-10-14/h3-12,17H,1-2H3,(H2,21,24). The van der Waals surface area contributed by atoms with Gasteiger partial charge < -0.3 is 5.73 Å². The van der Waals surface area contributed by atoms with E-state index in [1.54, 1.807) is 42.9 Å². The first-order valence-corrected chi connectivity index (χ1v) is 8.97. The molecule has 0 fully saturated rings. The van der Waals surface area contributed by atoms with E-state index in [9.17, 15) is 9.59 Å². The fraction of sp³-hybridized carbons (Fsp3) is 0.150. The topological polar surface area (TPSA) is 110 Å². The van der Waals surface area contributed by atoms with E-state index >= 15 is 0 Å². The van der Waals surface area contributed by atoms with Gasteiger partial charge in [0.2, 0.25) is 6.04 Å². The van der Waals surface area contributed by atoms with Crippen LogP contribution in [0.1, 0.15) is 5.69 Å². The number of nitrogens with zero attached hydrogens (tertiary/aromatic N) is 6. The molecule has 9 nitrogen and oxygen atoms in total. The predicted octanol–water partition coefficient (Wildman–Crippen LogP) is 2.26. The number of benzene rings is 2. The second-order valence-corrected chi connectivity index (χ2v) is 6.54. The fourth-order valence-corrected chi connectivity index (χ4v) is 3.11. The maximum Gasteiger partial charge on any atom is 0.299 e.